The third-order valence-electron chi connectivity index (χ3n) is 3.16. The highest BCUT2D eigenvalue weighted by Crippen LogP contribution is 2.20. The minimum Gasteiger partial charge on any atom is -0.370 e. The predicted octanol–water partition coefficient (Wildman–Crippen LogP) is 2.74. The van der Waals surface area contributed by atoms with E-state index in [1.807, 2.05) is 6.92 Å². The first-order valence-corrected chi connectivity index (χ1v) is 6.95. The van der Waals surface area contributed by atoms with Crippen LogP contribution in [0, 0.1) is 6.92 Å². The average Bonchev–Trinajstić information content (AvgIpc) is 2.71. The Morgan fingerprint density at radius 3 is 2.89 bits per heavy atom. The zero-order chi connectivity index (χ0) is 13.8. The van der Waals surface area contributed by atoms with E-state index in [1.54, 1.807) is 0 Å². The average molecular weight is 280 g/mol. The van der Waals surface area contributed by atoms with Gasteiger partial charge in [0.25, 0.3) is 0 Å². The summed E-state index contributed by atoms with van der Waals surface area (Å²) >= 11 is 5.95. The van der Waals surface area contributed by atoms with E-state index in [-0.39, 0.29) is 5.91 Å². The van der Waals surface area contributed by atoms with Crippen molar-refractivity contribution in [1.82, 2.24) is 9.55 Å². The fraction of sp³-hybridized carbons (Fsp3) is 0.429. The van der Waals surface area contributed by atoms with Gasteiger partial charge >= 0.3 is 0 Å². The van der Waals surface area contributed by atoms with Crippen LogP contribution >= 0.6 is 11.6 Å². The van der Waals surface area contributed by atoms with Gasteiger partial charge < -0.3 is 10.3 Å². The number of rotatable bonds is 6. The molecular weight excluding hydrogens is 262 g/mol. The van der Waals surface area contributed by atoms with Crippen LogP contribution in [-0.4, -0.2) is 15.5 Å². The third-order valence-corrected chi connectivity index (χ3v) is 3.40. The van der Waals surface area contributed by atoms with Gasteiger partial charge in [-0.2, -0.15) is 0 Å². The Bertz CT molecular complexity index is 592. The molecular formula is C14H18ClN3O. The van der Waals surface area contributed by atoms with Crippen LogP contribution < -0.4 is 5.73 Å². The number of unbranched alkanes of at least 4 members (excludes halogenated alkanes) is 1. The number of benzene rings is 1. The number of nitrogens with zero attached hydrogens (tertiary/aromatic N) is 2. The monoisotopic (exact) mass is 279 g/mol. The molecule has 0 spiro atoms. The number of imidazole rings is 1. The van der Waals surface area contributed by atoms with E-state index in [0.717, 1.165) is 36.2 Å². The molecule has 0 aliphatic rings. The molecule has 5 heteroatoms. The molecule has 0 unspecified atom stereocenters. The third kappa shape index (κ3) is 3.26. The summed E-state index contributed by atoms with van der Waals surface area (Å²) in [6.07, 6.45) is 2.12. The summed E-state index contributed by atoms with van der Waals surface area (Å²) in [6, 6.07) is 6.20. The molecule has 0 saturated heterocycles. The van der Waals surface area contributed by atoms with Gasteiger partial charge in [0.05, 0.1) is 16.9 Å². The van der Waals surface area contributed by atoms with Gasteiger partial charge in [0.2, 0.25) is 5.91 Å². The Morgan fingerprint density at radius 1 is 1.42 bits per heavy atom. The maximum atomic E-state index is 10.7. The normalized spacial score (nSPS) is 11.1. The van der Waals surface area contributed by atoms with Crippen LogP contribution in [-0.2, 0) is 17.2 Å². The largest absolute Gasteiger partial charge is 0.370 e. The number of amides is 1. The number of nitrogens with two attached hydrogens (primary N) is 1. The number of hydrogen-bond donors (Lipinski definition) is 1. The van der Waals surface area contributed by atoms with Crippen molar-refractivity contribution in [1.29, 1.82) is 0 Å². The highest BCUT2D eigenvalue weighted by Gasteiger charge is 2.09. The summed E-state index contributed by atoms with van der Waals surface area (Å²) in [6.45, 7) is 2.86. The highest BCUT2D eigenvalue weighted by molar-refractivity contribution is 6.16. The van der Waals surface area contributed by atoms with Gasteiger partial charge in [-0.25, -0.2) is 4.98 Å². The highest BCUT2D eigenvalue weighted by atomic mass is 35.5. The summed E-state index contributed by atoms with van der Waals surface area (Å²) in [7, 11) is 0. The van der Waals surface area contributed by atoms with Gasteiger partial charge in [-0.05, 0) is 37.5 Å². The Hall–Kier alpha value is -1.55. The van der Waals surface area contributed by atoms with Crippen LogP contribution in [0.5, 0.6) is 0 Å². The number of aryl methyl sites for hydroxylation is 2. The number of halogens is 1. The molecule has 0 atom stereocenters. The fourth-order valence-corrected chi connectivity index (χ4v) is 2.41. The van der Waals surface area contributed by atoms with E-state index < -0.39 is 0 Å². The molecule has 1 aromatic heterocycles. The zero-order valence-corrected chi connectivity index (χ0v) is 11.8. The van der Waals surface area contributed by atoms with Crippen molar-refractivity contribution in [2.75, 3.05) is 0 Å². The summed E-state index contributed by atoms with van der Waals surface area (Å²) in [5.41, 5.74) is 8.40. The number of aromatic nitrogens is 2. The molecule has 0 saturated carbocycles. The molecule has 0 fully saturated rings. The van der Waals surface area contributed by atoms with E-state index >= 15 is 0 Å². The van der Waals surface area contributed by atoms with Crippen molar-refractivity contribution >= 4 is 28.5 Å². The lowest BCUT2D eigenvalue weighted by molar-refractivity contribution is -0.118. The van der Waals surface area contributed by atoms with Crippen molar-refractivity contribution in [2.45, 2.75) is 38.6 Å². The molecule has 4 nitrogen and oxygen atoms in total. The molecule has 0 aliphatic carbocycles. The van der Waals surface area contributed by atoms with Gasteiger partial charge in [-0.3, -0.25) is 4.79 Å². The van der Waals surface area contributed by atoms with Crippen LogP contribution in [0.3, 0.4) is 0 Å². The smallest absolute Gasteiger partial charge is 0.217 e. The van der Waals surface area contributed by atoms with Crippen molar-refractivity contribution in [3.63, 3.8) is 0 Å². The molecule has 102 valence electrons. The van der Waals surface area contributed by atoms with Crippen molar-refractivity contribution in [3.8, 4) is 0 Å². The summed E-state index contributed by atoms with van der Waals surface area (Å²) < 4.78 is 2.13. The molecule has 1 amide bonds. The van der Waals surface area contributed by atoms with Crippen LogP contribution in [0.1, 0.15) is 30.7 Å². The van der Waals surface area contributed by atoms with Gasteiger partial charge in [0.15, 0.2) is 0 Å². The van der Waals surface area contributed by atoms with Gasteiger partial charge in [0, 0.05) is 13.0 Å². The summed E-state index contributed by atoms with van der Waals surface area (Å²) in [5, 5.41) is 0. The Morgan fingerprint density at radius 2 is 2.21 bits per heavy atom. The molecule has 1 aromatic carbocycles. The lowest BCUT2D eigenvalue weighted by Gasteiger charge is -2.07. The van der Waals surface area contributed by atoms with Crippen molar-refractivity contribution in [2.24, 2.45) is 5.73 Å². The second-order valence-electron chi connectivity index (χ2n) is 4.73. The molecule has 19 heavy (non-hydrogen) atoms. The van der Waals surface area contributed by atoms with E-state index in [4.69, 9.17) is 17.3 Å². The molecule has 2 rings (SSSR count). The Balaban J connectivity index is 2.18. The first kappa shape index (κ1) is 13.9. The van der Waals surface area contributed by atoms with Crippen LogP contribution in [0.2, 0.25) is 0 Å². The predicted molar refractivity (Wildman–Crippen MR) is 77.1 cm³/mol. The number of primary amides is 1. The molecule has 0 aliphatic heterocycles. The first-order chi connectivity index (χ1) is 9.11. The summed E-state index contributed by atoms with van der Waals surface area (Å²) in [5.74, 6) is 1.02. The number of hydrogen-bond acceptors (Lipinski definition) is 2. The number of fused-ring (bicyclic) bond motifs is 1. The van der Waals surface area contributed by atoms with E-state index in [0.29, 0.717) is 12.3 Å². The number of alkyl halides is 1. The zero-order valence-electron chi connectivity index (χ0n) is 11.0. The molecule has 0 radical (unpaired) electrons. The Labute approximate surface area is 117 Å². The second kappa shape index (κ2) is 6.06. The summed E-state index contributed by atoms with van der Waals surface area (Å²) in [4.78, 5) is 15.3. The molecule has 2 aromatic rings. The maximum Gasteiger partial charge on any atom is 0.217 e. The van der Waals surface area contributed by atoms with Crippen molar-refractivity contribution in [3.05, 3.63) is 29.6 Å². The lowest BCUT2D eigenvalue weighted by Crippen LogP contribution is -2.10. The number of carbonyl (C=O) groups excluding carboxylic acids is 1. The topological polar surface area (TPSA) is 60.9 Å². The standard InChI is InChI=1S/C14H18ClN3O/c1-10-5-6-12-11(8-10)17-14(9-15)18(12)7-3-2-4-13(16)19/h5-6,8H,2-4,7,9H2,1H3,(H2,16,19). The number of carbonyl (C=O) groups is 1. The molecule has 0 bridgehead atoms. The van der Waals surface area contributed by atoms with Gasteiger partial charge in [-0.1, -0.05) is 6.07 Å². The maximum absolute atomic E-state index is 10.7. The SMILES string of the molecule is Cc1ccc2c(c1)nc(CCl)n2CCCCC(N)=O. The minimum atomic E-state index is -0.247. The van der Waals surface area contributed by atoms with E-state index in [2.05, 4.69) is 27.8 Å². The fourth-order valence-electron chi connectivity index (χ4n) is 2.21. The van der Waals surface area contributed by atoms with Crippen LogP contribution in [0.4, 0.5) is 0 Å². The van der Waals surface area contributed by atoms with Gasteiger partial charge in [-0.15, -0.1) is 11.6 Å². The molecule has 2 N–H and O–H groups in total. The Kier molecular flexibility index (Phi) is 4.43. The van der Waals surface area contributed by atoms with E-state index in [1.165, 1.54) is 5.56 Å². The first-order valence-electron chi connectivity index (χ1n) is 6.42. The lowest BCUT2D eigenvalue weighted by atomic mass is 10.2. The van der Waals surface area contributed by atoms with Crippen molar-refractivity contribution < 1.29 is 4.79 Å². The molecule has 1 heterocycles. The quantitative estimate of drug-likeness (QED) is 0.653. The van der Waals surface area contributed by atoms with Gasteiger partial charge in [0.1, 0.15) is 5.82 Å². The minimum absolute atomic E-state index is 0.247. The van der Waals surface area contributed by atoms with Crippen LogP contribution in [0.15, 0.2) is 18.2 Å². The van der Waals surface area contributed by atoms with E-state index in [9.17, 15) is 4.79 Å². The van der Waals surface area contributed by atoms with Crippen LogP contribution in [0.25, 0.3) is 11.0 Å². The second-order valence-corrected chi connectivity index (χ2v) is 5.00.